The molecule has 0 saturated heterocycles. The van der Waals surface area contributed by atoms with Crippen molar-refractivity contribution < 1.29 is 14.3 Å². The second-order valence-electron chi connectivity index (χ2n) is 6.04. The molecule has 0 aliphatic heterocycles. The number of nitrogens with one attached hydrogen (secondary N) is 1. The van der Waals surface area contributed by atoms with Crippen molar-refractivity contribution in [2.45, 2.75) is 26.9 Å². The molecule has 2 rings (SSSR count). The third-order valence-electron chi connectivity index (χ3n) is 3.56. The summed E-state index contributed by atoms with van der Waals surface area (Å²) in [5.41, 5.74) is 2.30. The molecule has 0 fully saturated rings. The molecule has 0 aliphatic carbocycles. The van der Waals surface area contributed by atoms with Crippen LogP contribution >= 0.6 is 0 Å². The van der Waals surface area contributed by atoms with E-state index in [4.69, 9.17) is 9.47 Å². The molecule has 5 heteroatoms. The maximum Gasteiger partial charge on any atom is 0.266 e. The summed E-state index contributed by atoms with van der Waals surface area (Å²) in [6.07, 6.45) is 1.43. The van der Waals surface area contributed by atoms with Gasteiger partial charge in [0.25, 0.3) is 5.91 Å². The van der Waals surface area contributed by atoms with Gasteiger partial charge < -0.3 is 14.8 Å². The van der Waals surface area contributed by atoms with Crippen molar-refractivity contribution in [2.75, 3.05) is 12.4 Å². The molecule has 0 spiro atoms. The van der Waals surface area contributed by atoms with Gasteiger partial charge in [-0.25, -0.2) is 0 Å². The monoisotopic (exact) mass is 350 g/mol. The summed E-state index contributed by atoms with van der Waals surface area (Å²) in [6.45, 7) is 5.76. The van der Waals surface area contributed by atoms with Gasteiger partial charge in [0, 0.05) is 11.3 Å². The van der Waals surface area contributed by atoms with Gasteiger partial charge in [0.1, 0.15) is 11.6 Å². The Balaban J connectivity index is 2.34. The number of benzene rings is 2. The maximum absolute atomic E-state index is 12.4. The van der Waals surface area contributed by atoms with Crippen LogP contribution in [-0.4, -0.2) is 19.1 Å². The molecule has 0 saturated carbocycles. The van der Waals surface area contributed by atoms with Gasteiger partial charge >= 0.3 is 0 Å². The smallest absolute Gasteiger partial charge is 0.266 e. The molecule has 1 N–H and O–H groups in total. The van der Waals surface area contributed by atoms with E-state index >= 15 is 0 Å². The summed E-state index contributed by atoms with van der Waals surface area (Å²) in [6, 6.07) is 14.6. The largest absolute Gasteiger partial charge is 0.493 e. The Morgan fingerprint density at radius 2 is 1.88 bits per heavy atom. The van der Waals surface area contributed by atoms with E-state index in [0.29, 0.717) is 22.7 Å². The zero-order valence-electron chi connectivity index (χ0n) is 15.4. The number of ether oxygens (including phenoxy) is 2. The second kappa shape index (κ2) is 8.72. The van der Waals surface area contributed by atoms with E-state index in [0.717, 1.165) is 5.56 Å². The zero-order chi connectivity index (χ0) is 19.1. The molecule has 0 heterocycles. The molecule has 0 radical (unpaired) electrons. The first-order valence-corrected chi connectivity index (χ1v) is 8.28. The minimum atomic E-state index is -0.477. The first kappa shape index (κ1) is 19.1. The molecule has 2 aromatic carbocycles. The molecular weight excluding hydrogens is 328 g/mol. The summed E-state index contributed by atoms with van der Waals surface area (Å²) >= 11 is 0. The van der Waals surface area contributed by atoms with E-state index in [1.54, 1.807) is 37.4 Å². The van der Waals surface area contributed by atoms with E-state index in [1.165, 1.54) is 6.08 Å². The highest BCUT2D eigenvalue weighted by Gasteiger charge is 2.15. The molecule has 0 atom stereocenters. The summed E-state index contributed by atoms with van der Waals surface area (Å²) in [4.78, 5) is 12.4. The molecule has 0 bridgehead atoms. The number of aryl methyl sites for hydroxylation is 1. The number of rotatable bonds is 6. The van der Waals surface area contributed by atoms with Gasteiger partial charge in [0.05, 0.1) is 13.2 Å². The molecule has 1 amide bonds. The Labute approximate surface area is 153 Å². The van der Waals surface area contributed by atoms with Gasteiger partial charge in [-0.15, -0.1) is 0 Å². The van der Waals surface area contributed by atoms with E-state index in [1.807, 2.05) is 39.0 Å². The number of amides is 1. The molecule has 0 aromatic heterocycles. The lowest BCUT2D eigenvalue weighted by Crippen LogP contribution is -2.13. The van der Waals surface area contributed by atoms with Crippen LogP contribution in [0.5, 0.6) is 11.5 Å². The minimum Gasteiger partial charge on any atom is -0.493 e. The summed E-state index contributed by atoms with van der Waals surface area (Å²) in [5.74, 6) is 0.569. The number of carbonyl (C=O) groups excluding carboxylic acids is 1. The molecule has 26 heavy (non-hydrogen) atoms. The number of nitriles is 1. The number of para-hydroxylation sites is 1. The lowest BCUT2D eigenvalue weighted by atomic mass is 10.1. The fourth-order valence-electron chi connectivity index (χ4n) is 2.31. The Morgan fingerprint density at radius 3 is 2.46 bits per heavy atom. The predicted molar refractivity (Wildman–Crippen MR) is 102 cm³/mol. The van der Waals surface area contributed by atoms with E-state index in [9.17, 15) is 10.1 Å². The van der Waals surface area contributed by atoms with Crippen LogP contribution in [0.4, 0.5) is 5.69 Å². The summed E-state index contributed by atoms with van der Waals surface area (Å²) in [5, 5.41) is 12.2. The van der Waals surface area contributed by atoms with Crippen molar-refractivity contribution in [3.05, 3.63) is 59.2 Å². The molecular formula is C21H22N2O3. The fourth-order valence-corrected chi connectivity index (χ4v) is 2.31. The predicted octanol–water partition coefficient (Wildman–Crippen LogP) is 4.34. The first-order valence-electron chi connectivity index (χ1n) is 8.28. The van der Waals surface area contributed by atoms with E-state index in [2.05, 4.69) is 5.32 Å². The van der Waals surface area contributed by atoms with Crippen molar-refractivity contribution >= 4 is 17.7 Å². The Kier molecular flexibility index (Phi) is 6.40. The highest BCUT2D eigenvalue weighted by atomic mass is 16.5. The number of hydrogen-bond acceptors (Lipinski definition) is 4. The molecule has 0 unspecified atom stereocenters. The van der Waals surface area contributed by atoms with Crippen LogP contribution in [0, 0.1) is 18.3 Å². The van der Waals surface area contributed by atoms with Gasteiger partial charge in [0.2, 0.25) is 0 Å². The number of hydrogen-bond donors (Lipinski definition) is 1. The minimum absolute atomic E-state index is 0.0209. The van der Waals surface area contributed by atoms with Crippen LogP contribution in [0.1, 0.15) is 25.0 Å². The van der Waals surface area contributed by atoms with Gasteiger partial charge in [0.15, 0.2) is 11.5 Å². The van der Waals surface area contributed by atoms with E-state index in [-0.39, 0.29) is 11.7 Å². The standard InChI is InChI=1S/C21H22N2O3/c1-14(2)26-20-16(6-5-7-19(20)25-4)12-17(13-22)21(24)23-18-10-8-15(3)9-11-18/h5-12,14H,1-4H3,(H,23,24)/b17-12+. The van der Waals surface area contributed by atoms with Gasteiger partial charge in [-0.1, -0.05) is 29.8 Å². The number of methoxy groups -OCH3 is 1. The third-order valence-corrected chi connectivity index (χ3v) is 3.56. The van der Waals surface area contributed by atoms with Crippen LogP contribution in [0.3, 0.4) is 0 Å². The quantitative estimate of drug-likeness (QED) is 0.621. The van der Waals surface area contributed by atoms with Crippen molar-refractivity contribution in [3.63, 3.8) is 0 Å². The normalized spacial score (nSPS) is 11.0. The molecule has 0 aliphatic rings. The zero-order valence-corrected chi connectivity index (χ0v) is 15.4. The Hall–Kier alpha value is -3.26. The van der Waals surface area contributed by atoms with Crippen LogP contribution < -0.4 is 14.8 Å². The topological polar surface area (TPSA) is 71.3 Å². The average molecular weight is 350 g/mol. The SMILES string of the molecule is COc1cccc(/C=C(\C#N)C(=O)Nc2ccc(C)cc2)c1OC(C)C. The molecule has 134 valence electrons. The van der Waals surface area contributed by atoms with E-state index < -0.39 is 5.91 Å². The highest BCUT2D eigenvalue weighted by Crippen LogP contribution is 2.33. The first-order chi connectivity index (χ1) is 12.4. The van der Waals surface area contributed by atoms with Crippen LogP contribution in [0.25, 0.3) is 6.08 Å². The van der Waals surface area contributed by atoms with Crippen molar-refractivity contribution in [3.8, 4) is 17.6 Å². The van der Waals surface area contributed by atoms with Gasteiger partial charge in [-0.3, -0.25) is 4.79 Å². The summed E-state index contributed by atoms with van der Waals surface area (Å²) in [7, 11) is 1.55. The Bertz CT molecular complexity index is 847. The second-order valence-corrected chi connectivity index (χ2v) is 6.04. The average Bonchev–Trinajstić information content (AvgIpc) is 2.62. The number of anilines is 1. The maximum atomic E-state index is 12.4. The van der Waals surface area contributed by atoms with Crippen LogP contribution in [0.2, 0.25) is 0 Å². The van der Waals surface area contributed by atoms with Gasteiger partial charge in [-0.2, -0.15) is 5.26 Å². The van der Waals surface area contributed by atoms with Gasteiger partial charge in [-0.05, 0) is 45.0 Å². The lowest BCUT2D eigenvalue weighted by Gasteiger charge is -2.16. The lowest BCUT2D eigenvalue weighted by molar-refractivity contribution is -0.112. The van der Waals surface area contributed by atoms with Crippen LogP contribution in [0.15, 0.2) is 48.0 Å². The highest BCUT2D eigenvalue weighted by molar-refractivity contribution is 6.09. The fraction of sp³-hybridized carbons (Fsp3) is 0.238. The number of carbonyl (C=O) groups is 1. The summed E-state index contributed by atoms with van der Waals surface area (Å²) < 4.78 is 11.1. The van der Waals surface area contributed by atoms with Crippen LogP contribution in [-0.2, 0) is 4.79 Å². The third kappa shape index (κ3) is 4.87. The number of nitrogens with zero attached hydrogens (tertiary/aromatic N) is 1. The molecule has 2 aromatic rings. The molecule has 5 nitrogen and oxygen atoms in total. The Morgan fingerprint density at radius 1 is 1.19 bits per heavy atom. The van der Waals surface area contributed by atoms with Crippen molar-refractivity contribution in [1.29, 1.82) is 5.26 Å². The van der Waals surface area contributed by atoms with Crippen molar-refractivity contribution in [2.24, 2.45) is 0 Å². The van der Waals surface area contributed by atoms with Crippen molar-refractivity contribution in [1.82, 2.24) is 0 Å².